The molecule has 0 saturated heterocycles. The Bertz CT molecular complexity index is 2120. The highest BCUT2D eigenvalue weighted by molar-refractivity contribution is 7.15. The minimum atomic E-state index is -0.258. The number of methoxy groups -OCH3 is 1. The van der Waals surface area contributed by atoms with E-state index < -0.39 is 0 Å². The SMILES string of the molecule is CCCOc1ccc(-c2nn(-c3ccccc3)cc2/C=c2\sc3nc(/C=C/c4ccc(OCCC)c(OC)c4)nn3c2=O)cc1Cl. The Hall–Kier alpha value is -4.93. The lowest BCUT2D eigenvalue weighted by atomic mass is 10.1. The van der Waals surface area contributed by atoms with Gasteiger partial charge >= 0.3 is 0 Å². The number of para-hydroxylation sites is 1. The van der Waals surface area contributed by atoms with E-state index in [1.54, 1.807) is 17.9 Å². The molecule has 11 heteroatoms. The molecule has 0 saturated carbocycles. The van der Waals surface area contributed by atoms with Crippen molar-refractivity contribution in [1.82, 2.24) is 24.4 Å². The van der Waals surface area contributed by atoms with E-state index in [0.717, 1.165) is 35.2 Å². The van der Waals surface area contributed by atoms with E-state index in [1.165, 1.54) is 15.9 Å². The van der Waals surface area contributed by atoms with Crippen molar-refractivity contribution in [3.63, 3.8) is 0 Å². The molecule has 0 N–H and O–H groups in total. The minimum Gasteiger partial charge on any atom is -0.493 e. The van der Waals surface area contributed by atoms with E-state index in [1.807, 2.05) is 92.0 Å². The van der Waals surface area contributed by atoms with Crippen molar-refractivity contribution in [2.45, 2.75) is 26.7 Å². The van der Waals surface area contributed by atoms with Crippen molar-refractivity contribution >= 4 is 46.1 Å². The maximum absolute atomic E-state index is 13.5. The third kappa shape index (κ3) is 6.68. The smallest absolute Gasteiger partial charge is 0.291 e. The number of hydrogen-bond acceptors (Lipinski definition) is 8. The quantitative estimate of drug-likeness (QED) is 0.141. The molecule has 0 aliphatic carbocycles. The lowest BCUT2D eigenvalue weighted by molar-refractivity contribution is 0.294. The van der Waals surface area contributed by atoms with Crippen LogP contribution in [0.4, 0.5) is 0 Å². The lowest BCUT2D eigenvalue weighted by Crippen LogP contribution is -2.23. The van der Waals surface area contributed by atoms with Crippen LogP contribution in [0.2, 0.25) is 5.02 Å². The predicted molar refractivity (Wildman–Crippen MR) is 183 cm³/mol. The minimum absolute atomic E-state index is 0.258. The van der Waals surface area contributed by atoms with E-state index in [-0.39, 0.29) is 5.56 Å². The standard InChI is InChI=1S/C35H32ClN5O4S/c1-4-17-44-28-15-13-24(20-27(28)36)33-25(22-40(39-33)26-9-7-6-8-10-26)21-31-34(42)41-35(46-31)37-32(38-41)16-12-23-11-14-29(45-18-5-2)30(19-23)43-3/h6-16,19-22H,4-5,17-18H2,1-3H3/b16-12+,31-21-. The summed E-state index contributed by atoms with van der Waals surface area (Å²) in [5.41, 5.74) is 3.75. The second kappa shape index (κ2) is 14.0. The zero-order valence-electron chi connectivity index (χ0n) is 25.6. The van der Waals surface area contributed by atoms with Crippen LogP contribution in [-0.4, -0.2) is 44.7 Å². The highest BCUT2D eigenvalue weighted by Crippen LogP contribution is 2.32. The number of rotatable bonds is 12. The lowest BCUT2D eigenvalue weighted by Gasteiger charge is -2.10. The first-order chi connectivity index (χ1) is 22.5. The number of fused-ring (bicyclic) bond motifs is 1. The summed E-state index contributed by atoms with van der Waals surface area (Å²) in [6.45, 7) is 5.29. The van der Waals surface area contributed by atoms with E-state index in [2.05, 4.69) is 17.0 Å². The molecule has 46 heavy (non-hydrogen) atoms. The van der Waals surface area contributed by atoms with E-state index >= 15 is 0 Å². The Morgan fingerprint density at radius 1 is 0.891 bits per heavy atom. The third-order valence-electron chi connectivity index (χ3n) is 6.99. The molecule has 0 unspecified atom stereocenters. The Morgan fingerprint density at radius 3 is 2.37 bits per heavy atom. The molecule has 3 aromatic carbocycles. The highest BCUT2D eigenvalue weighted by Gasteiger charge is 2.15. The zero-order chi connectivity index (χ0) is 32.0. The van der Waals surface area contributed by atoms with E-state index in [9.17, 15) is 4.79 Å². The normalized spacial score (nSPS) is 12.0. The van der Waals surface area contributed by atoms with Crippen LogP contribution in [0.15, 0.2) is 77.7 Å². The number of halogens is 1. The largest absolute Gasteiger partial charge is 0.493 e. The van der Waals surface area contributed by atoms with Gasteiger partial charge in [-0.2, -0.15) is 14.6 Å². The molecule has 0 amide bonds. The van der Waals surface area contributed by atoms with Crippen molar-refractivity contribution in [3.8, 4) is 34.2 Å². The number of benzene rings is 3. The van der Waals surface area contributed by atoms with Crippen LogP contribution < -0.4 is 24.3 Å². The fourth-order valence-corrected chi connectivity index (χ4v) is 5.90. The van der Waals surface area contributed by atoms with Gasteiger partial charge in [-0.05, 0) is 73.0 Å². The molecule has 0 bridgehead atoms. The van der Waals surface area contributed by atoms with Gasteiger partial charge in [0.15, 0.2) is 17.3 Å². The van der Waals surface area contributed by atoms with Crippen LogP contribution in [-0.2, 0) is 0 Å². The molecular weight excluding hydrogens is 622 g/mol. The fourth-order valence-electron chi connectivity index (χ4n) is 4.76. The summed E-state index contributed by atoms with van der Waals surface area (Å²) in [5.74, 6) is 2.39. The highest BCUT2D eigenvalue weighted by atomic mass is 35.5. The molecule has 3 aromatic heterocycles. The number of aromatic nitrogens is 5. The first-order valence-corrected chi connectivity index (χ1v) is 16.1. The van der Waals surface area contributed by atoms with Crippen LogP contribution in [0.3, 0.4) is 0 Å². The van der Waals surface area contributed by atoms with Crippen LogP contribution in [0.25, 0.3) is 40.1 Å². The average Bonchev–Trinajstić information content (AvgIpc) is 3.77. The summed E-state index contributed by atoms with van der Waals surface area (Å²) in [4.78, 5) is 18.6. The Kier molecular flexibility index (Phi) is 9.46. The van der Waals surface area contributed by atoms with Gasteiger partial charge in [0.2, 0.25) is 4.96 Å². The van der Waals surface area contributed by atoms with Crippen molar-refractivity contribution < 1.29 is 14.2 Å². The molecule has 0 aliphatic heterocycles. The van der Waals surface area contributed by atoms with E-state index in [4.69, 9.17) is 30.9 Å². The first-order valence-electron chi connectivity index (χ1n) is 15.0. The maximum Gasteiger partial charge on any atom is 0.291 e. The molecule has 0 atom stereocenters. The molecule has 0 fully saturated rings. The molecular formula is C35H32ClN5O4S. The molecule has 0 radical (unpaired) electrons. The van der Waals surface area contributed by atoms with Gasteiger partial charge in [0.1, 0.15) is 11.4 Å². The molecule has 9 nitrogen and oxygen atoms in total. The topological polar surface area (TPSA) is 92.8 Å². The van der Waals surface area contributed by atoms with Gasteiger partial charge in [0.25, 0.3) is 5.56 Å². The van der Waals surface area contributed by atoms with Crippen LogP contribution in [0.1, 0.15) is 43.6 Å². The number of thiazole rings is 1. The van der Waals surface area contributed by atoms with Gasteiger partial charge in [-0.15, -0.1) is 5.10 Å². The predicted octanol–water partition coefficient (Wildman–Crippen LogP) is 6.96. The van der Waals surface area contributed by atoms with Gasteiger partial charge in [-0.3, -0.25) is 4.79 Å². The molecule has 6 rings (SSSR count). The summed E-state index contributed by atoms with van der Waals surface area (Å²) in [6.07, 6.45) is 9.15. The molecule has 3 heterocycles. The summed E-state index contributed by atoms with van der Waals surface area (Å²) in [6, 6.07) is 21.1. The summed E-state index contributed by atoms with van der Waals surface area (Å²) < 4.78 is 20.6. The van der Waals surface area contributed by atoms with Gasteiger partial charge in [-0.1, -0.05) is 67.1 Å². The Labute approximate surface area is 275 Å². The number of ether oxygens (including phenoxy) is 3. The number of nitrogens with zero attached hydrogens (tertiary/aromatic N) is 5. The molecule has 6 aromatic rings. The van der Waals surface area contributed by atoms with Crippen molar-refractivity contribution in [3.05, 3.63) is 110 Å². The van der Waals surface area contributed by atoms with Gasteiger partial charge in [-0.25, -0.2) is 4.68 Å². The van der Waals surface area contributed by atoms with Crippen LogP contribution >= 0.6 is 22.9 Å². The molecule has 0 aliphatic rings. The fraction of sp³-hybridized carbons (Fsp3) is 0.200. The third-order valence-corrected chi connectivity index (χ3v) is 8.24. The molecule has 0 spiro atoms. The van der Waals surface area contributed by atoms with Gasteiger partial charge in [0.05, 0.1) is 35.6 Å². The zero-order valence-corrected chi connectivity index (χ0v) is 27.2. The van der Waals surface area contributed by atoms with Crippen LogP contribution in [0, 0.1) is 0 Å². The summed E-state index contributed by atoms with van der Waals surface area (Å²) >= 11 is 7.85. The first kappa shape index (κ1) is 31.1. The average molecular weight is 654 g/mol. The maximum atomic E-state index is 13.5. The number of hydrogen-bond donors (Lipinski definition) is 0. The van der Waals surface area contributed by atoms with E-state index in [0.29, 0.717) is 56.5 Å². The van der Waals surface area contributed by atoms with Crippen molar-refractivity contribution in [1.29, 1.82) is 0 Å². The monoisotopic (exact) mass is 653 g/mol. The van der Waals surface area contributed by atoms with Crippen LogP contribution in [0.5, 0.6) is 17.2 Å². The second-order valence-corrected chi connectivity index (χ2v) is 11.8. The van der Waals surface area contributed by atoms with Crippen molar-refractivity contribution in [2.75, 3.05) is 20.3 Å². The summed E-state index contributed by atoms with van der Waals surface area (Å²) in [5, 5.41) is 9.83. The van der Waals surface area contributed by atoms with Gasteiger partial charge < -0.3 is 14.2 Å². The Balaban J connectivity index is 1.33. The molecule has 234 valence electrons. The van der Waals surface area contributed by atoms with Crippen molar-refractivity contribution in [2.24, 2.45) is 0 Å². The second-order valence-electron chi connectivity index (χ2n) is 10.4. The van der Waals surface area contributed by atoms with Gasteiger partial charge in [0, 0.05) is 17.3 Å². The Morgan fingerprint density at radius 2 is 1.65 bits per heavy atom. The summed E-state index contributed by atoms with van der Waals surface area (Å²) in [7, 11) is 1.61.